The lowest BCUT2D eigenvalue weighted by Gasteiger charge is -2.35. The number of hydrogen-bond donors (Lipinski definition) is 0. The van der Waals surface area contributed by atoms with Gasteiger partial charge in [-0.05, 0) is 42.5 Å². The third kappa shape index (κ3) is 3.74. The fourth-order valence-corrected chi connectivity index (χ4v) is 4.09. The molecule has 8 nitrogen and oxygen atoms in total. The van der Waals surface area contributed by atoms with Crippen molar-refractivity contribution in [3.63, 3.8) is 0 Å². The summed E-state index contributed by atoms with van der Waals surface area (Å²) in [7, 11) is 1.61. The Hall–Kier alpha value is -3.16. The van der Waals surface area contributed by atoms with E-state index in [2.05, 4.69) is 23.9 Å². The maximum absolute atomic E-state index is 12.9. The lowest BCUT2D eigenvalue weighted by Crippen LogP contribution is -2.44. The molecule has 1 fully saturated rings. The second-order valence-corrected chi connectivity index (χ2v) is 7.91. The van der Waals surface area contributed by atoms with Gasteiger partial charge in [-0.25, -0.2) is 9.67 Å². The predicted octanol–water partition coefficient (Wildman–Crippen LogP) is 2.10. The van der Waals surface area contributed by atoms with Crippen LogP contribution in [-0.4, -0.2) is 50.3 Å². The second kappa shape index (κ2) is 7.69. The summed E-state index contributed by atoms with van der Waals surface area (Å²) < 4.78 is 8.15. The Bertz CT molecular complexity index is 1080. The number of nitrogens with zero attached hydrogens (tertiary/aromatic N) is 5. The number of carbonyl (C=O) groups excluding carboxylic acids is 1. The number of methoxy groups -OCH3 is 1. The molecule has 3 heterocycles. The summed E-state index contributed by atoms with van der Waals surface area (Å²) in [5.74, 6) is 1.64. The van der Waals surface area contributed by atoms with Gasteiger partial charge in [0.15, 0.2) is 5.65 Å². The summed E-state index contributed by atoms with van der Waals surface area (Å²) in [6, 6.07) is 7.34. The van der Waals surface area contributed by atoms with Crippen LogP contribution >= 0.6 is 0 Å². The molecule has 8 heteroatoms. The van der Waals surface area contributed by atoms with Crippen molar-refractivity contribution in [1.82, 2.24) is 24.2 Å². The predicted molar refractivity (Wildman–Crippen MR) is 109 cm³/mol. The number of piperidine rings is 1. The van der Waals surface area contributed by atoms with Gasteiger partial charge in [-0.2, -0.15) is 5.10 Å². The zero-order valence-corrected chi connectivity index (χ0v) is 16.9. The fourth-order valence-electron chi connectivity index (χ4n) is 4.09. The highest BCUT2D eigenvalue weighted by Crippen LogP contribution is 2.21. The summed E-state index contributed by atoms with van der Waals surface area (Å²) in [5.41, 5.74) is 0.975. The van der Waals surface area contributed by atoms with Crippen molar-refractivity contribution in [1.29, 1.82) is 0 Å². The standard InChI is InChI=1S/C21H25N5O3/c1-14-8-15(2)11-24(10-14)19(27)12-25-13-22-20-18(21(25)28)9-23-26(20)16-4-6-17(29-3)7-5-16/h4-7,9,13-15H,8,10-12H2,1-3H3/t14-,15+. The number of benzene rings is 1. The molecule has 2 aromatic heterocycles. The van der Waals surface area contributed by atoms with Crippen molar-refractivity contribution in [3.05, 3.63) is 47.1 Å². The molecular weight excluding hydrogens is 370 g/mol. The first kappa shape index (κ1) is 19.2. The van der Waals surface area contributed by atoms with Crippen LogP contribution in [0.25, 0.3) is 16.7 Å². The maximum Gasteiger partial charge on any atom is 0.264 e. The molecular formula is C21H25N5O3. The van der Waals surface area contributed by atoms with Crippen molar-refractivity contribution in [2.75, 3.05) is 20.2 Å². The Kier molecular flexibility index (Phi) is 5.08. The third-order valence-electron chi connectivity index (χ3n) is 5.40. The van der Waals surface area contributed by atoms with Crippen LogP contribution in [0.2, 0.25) is 0 Å². The molecule has 0 radical (unpaired) electrons. The molecule has 1 aromatic carbocycles. The molecule has 0 spiro atoms. The Balaban J connectivity index is 1.60. The van der Waals surface area contributed by atoms with E-state index in [1.807, 2.05) is 29.2 Å². The molecule has 3 aromatic rings. The minimum Gasteiger partial charge on any atom is -0.497 e. The number of rotatable bonds is 4. The number of aromatic nitrogens is 4. The minimum absolute atomic E-state index is 0.00503. The normalized spacial score (nSPS) is 19.5. The first-order chi connectivity index (χ1) is 14.0. The van der Waals surface area contributed by atoms with Crippen LogP contribution in [-0.2, 0) is 11.3 Å². The molecule has 0 unspecified atom stereocenters. The Morgan fingerprint density at radius 2 is 1.86 bits per heavy atom. The van der Waals surface area contributed by atoms with E-state index >= 15 is 0 Å². The lowest BCUT2D eigenvalue weighted by atomic mass is 9.92. The van der Waals surface area contributed by atoms with Crippen molar-refractivity contribution >= 4 is 16.9 Å². The third-order valence-corrected chi connectivity index (χ3v) is 5.40. The van der Waals surface area contributed by atoms with Crippen LogP contribution in [0.4, 0.5) is 0 Å². The SMILES string of the molecule is COc1ccc(-n2ncc3c(=O)n(CC(=O)N4C[C@H](C)C[C@H](C)C4)cnc32)cc1. The molecule has 4 rings (SSSR count). The number of likely N-dealkylation sites (tertiary alicyclic amines) is 1. The average Bonchev–Trinajstić information content (AvgIpc) is 3.14. The van der Waals surface area contributed by atoms with Crippen LogP contribution < -0.4 is 10.3 Å². The van der Waals surface area contributed by atoms with E-state index in [0.29, 0.717) is 22.9 Å². The molecule has 0 saturated carbocycles. The van der Waals surface area contributed by atoms with Crippen LogP contribution in [0.3, 0.4) is 0 Å². The fraction of sp³-hybridized carbons (Fsp3) is 0.429. The van der Waals surface area contributed by atoms with Crippen LogP contribution in [0.1, 0.15) is 20.3 Å². The summed E-state index contributed by atoms with van der Waals surface area (Å²) in [6.45, 7) is 5.79. The van der Waals surface area contributed by atoms with Gasteiger partial charge in [-0.3, -0.25) is 14.2 Å². The van der Waals surface area contributed by atoms with Gasteiger partial charge in [0.2, 0.25) is 5.91 Å². The summed E-state index contributed by atoms with van der Waals surface area (Å²) in [6.07, 6.45) is 4.06. The van der Waals surface area contributed by atoms with E-state index in [-0.39, 0.29) is 18.0 Å². The van der Waals surface area contributed by atoms with Gasteiger partial charge in [-0.15, -0.1) is 0 Å². The highest BCUT2D eigenvalue weighted by Gasteiger charge is 2.25. The van der Waals surface area contributed by atoms with Crippen LogP contribution in [0.15, 0.2) is 41.6 Å². The van der Waals surface area contributed by atoms with E-state index in [4.69, 9.17) is 4.74 Å². The Labute approximate surface area is 168 Å². The van der Waals surface area contributed by atoms with Gasteiger partial charge in [-0.1, -0.05) is 13.8 Å². The average molecular weight is 395 g/mol. The van der Waals surface area contributed by atoms with E-state index in [0.717, 1.165) is 30.9 Å². The molecule has 2 atom stereocenters. The summed E-state index contributed by atoms with van der Waals surface area (Å²) in [5, 5.41) is 4.70. The van der Waals surface area contributed by atoms with E-state index in [1.54, 1.807) is 11.8 Å². The number of fused-ring (bicyclic) bond motifs is 1. The second-order valence-electron chi connectivity index (χ2n) is 7.91. The number of ether oxygens (including phenoxy) is 1. The zero-order chi connectivity index (χ0) is 20.5. The smallest absolute Gasteiger partial charge is 0.264 e. The van der Waals surface area contributed by atoms with Crippen LogP contribution in [0, 0.1) is 11.8 Å². The molecule has 29 heavy (non-hydrogen) atoms. The molecule has 0 aliphatic carbocycles. The largest absolute Gasteiger partial charge is 0.497 e. The number of carbonyl (C=O) groups is 1. The Morgan fingerprint density at radius 3 is 2.52 bits per heavy atom. The molecule has 1 aliphatic heterocycles. The number of hydrogen-bond acceptors (Lipinski definition) is 5. The molecule has 0 N–H and O–H groups in total. The Morgan fingerprint density at radius 1 is 1.17 bits per heavy atom. The van der Waals surface area contributed by atoms with Gasteiger partial charge < -0.3 is 9.64 Å². The van der Waals surface area contributed by atoms with Crippen molar-refractivity contribution < 1.29 is 9.53 Å². The highest BCUT2D eigenvalue weighted by molar-refractivity contribution is 5.78. The quantitative estimate of drug-likeness (QED) is 0.676. The van der Waals surface area contributed by atoms with Crippen molar-refractivity contribution in [2.45, 2.75) is 26.8 Å². The van der Waals surface area contributed by atoms with E-state index in [1.165, 1.54) is 17.1 Å². The van der Waals surface area contributed by atoms with Gasteiger partial charge in [0, 0.05) is 13.1 Å². The number of amides is 1. The molecule has 1 amide bonds. The lowest BCUT2D eigenvalue weighted by molar-refractivity contribution is -0.134. The van der Waals surface area contributed by atoms with Gasteiger partial charge >= 0.3 is 0 Å². The van der Waals surface area contributed by atoms with Crippen LogP contribution in [0.5, 0.6) is 5.75 Å². The maximum atomic E-state index is 12.9. The van der Waals surface area contributed by atoms with Gasteiger partial charge in [0.05, 0.1) is 19.0 Å². The van der Waals surface area contributed by atoms with Gasteiger partial charge in [0.1, 0.15) is 24.0 Å². The van der Waals surface area contributed by atoms with Gasteiger partial charge in [0.25, 0.3) is 5.56 Å². The monoisotopic (exact) mass is 395 g/mol. The minimum atomic E-state index is -0.263. The van der Waals surface area contributed by atoms with E-state index in [9.17, 15) is 9.59 Å². The summed E-state index contributed by atoms with van der Waals surface area (Å²) >= 11 is 0. The molecule has 0 bridgehead atoms. The van der Waals surface area contributed by atoms with Crippen molar-refractivity contribution in [3.8, 4) is 11.4 Å². The topological polar surface area (TPSA) is 82.2 Å². The molecule has 152 valence electrons. The van der Waals surface area contributed by atoms with Crippen molar-refractivity contribution in [2.24, 2.45) is 11.8 Å². The molecule has 1 aliphatic rings. The first-order valence-corrected chi connectivity index (χ1v) is 9.81. The summed E-state index contributed by atoms with van der Waals surface area (Å²) in [4.78, 5) is 31.9. The first-order valence-electron chi connectivity index (χ1n) is 9.81. The molecule has 1 saturated heterocycles. The highest BCUT2D eigenvalue weighted by atomic mass is 16.5. The zero-order valence-electron chi connectivity index (χ0n) is 16.9. The van der Waals surface area contributed by atoms with E-state index < -0.39 is 0 Å².